The number of aldehydes is 1. The topological polar surface area (TPSA) is 70.2 Å². The van der Waals surface area contributed by atoms with Gasteiger partial charge in [-0.05, 0) is 31.0 Å². The predicted octanol–water partition coefficient (Wildman–Crippen LogP) is 3.20. The monoisotopic (exact) mass is 340 g/mol. The summed E-state index contributed by atoms with van der Waals surface area (Å²) in [5.74, 6) is 0. The maximum atomic E-state index is 12.8. The molecule has 0 unspecified atom stereocenters. The van der Waals surface area contributed by atoms with Gasteiger partial charge < -0.3 is 4.98 Å². The van der Waals surface area contributed by atoms with Crippen molar-refractivity contribution in [1.29, 1.82) is 0 Å². The largest absolute Gasteiger partial charge is 0.345 e. The van der Waals surface area contributed by atoms with E-state index in [-0.39, 0.29) is 10.0 Å². The fraction of sp³-hybridized carbons (Fsp3) is 0.400. The Bertz CT molecular complexity index is 806. The van der Waals surface area contributed by atoms with Crippen molar-refractivity contribution in [2.45, 2.75) is 30.6 Å². The van der Waals surface area contributed by atoms with Crippen LogP contribution < -0.4 is 0 Å². The van der Waals surface area contributed by atoms with E-state index >= 15 is 0 Å². The van der Waals surface area contributed by atoms with E-state index in [9.17, 15) is 13.2 Å². The summed E-state index contributed by atoms with van der Waals surface area (Å²) in [5.41, 5.74) is 0.950. The number of carbonyl (C=O) groups excluding carboxylic acids is 1. The van der Waals surface area contributed by atoms with Crippen molar-refractivity contribution in [3.05, 3.63) is 28.9 Å². The minimum Gasteiger partial charge on any atom is -0.345 e. The molecular formula is C15H17ClN2O3S. The maximum Gasteiger partial charge on any atom is 0.243 e. The van der Waals surface area contributed by atoms with E-state index in [1.165, 1.54) is 10.4 Å². The molecule has 5 nitrogen and oxygen atoms in total. The Morgan fingerprint density at radius 2 is 1.82 bits per heavy atom. The van der Waals surface area contributed by atoms with Gasteiger partial charge in [0.2, 0.25) is 10.0 Å². The van der Waals surface area contributed by atoms with Crippen molar-refractivity contribution >= 4 is 38.8 Å². The minimum atomic E-state index is -3.53. The molecule has 1 saturated heterocycles. The number of hydrogen-bond acceptors (Lipinski definition) is 3. The average Bonchev–Trinajstić information content (AvgIpc) is 2.68. The number of aromatic nitrogens is 1. The smallest absolute Gasteiger partial charge is 0.243 e. The van der Waals surface area contributed by atoms with Gasteiger partial charge in [-0.25, -0.2) is 8.42 Å². The van der Waals surface area contributed by atoms with E-state index in [1.807, 2.05) is 0 Å². The van der Waals surface area contributed by atoms with Crippen LogP contribution >= 0.6 is 11.6 Å². The van der Waals surface area contributed by atoms with Gasteiger partial charge in [-0.3, -0.25) is 4.79 Å². The third-order valence-corrected chi connectivity index (χ3v) is 6.28. The summed E-state index contributed by atoms with van der Waals surface area (Å²) < 4.78 is 27.1. The standard InChI is InChI=1S/C15H17ClN2O3S/c16-15-13(10-19)12-9-11(5-6-14(12)17-15)22(20,21)18-7-3-1-2-4-8-18/h5-6,9-10,17H,1-4,7-8H2. The Hall–Kier alpha value is -1.37. The molecule has 118 valence electrons. The van der Waals surface area contributed by atoms with Gasteiger partial charge in [0.15, 0.2) is 6.29 Å². The SMILES string of the molecule is O=Cc1c(Cl)[nH]c2ccc(S(=O)(=O)N3CCCCCC3)cc12. The van der Waals surface area contributed by atoms with Crippen LogP contribution in [0.2, 0.25) is 5.15 Å². The number of rotatable bonds is 3. The fourth-order valence-electron chi connectivity index (χ4n) is 2.87. The summed E-state index contributed by atoms with van der Waals surface area (Å²) in [6, 6.07) is 4.74. The maximum absolute atomic E-state index is 12.8. The van der Waals surface area contributed by atoms with E-state index in [1.54, 1.807) is 12.1 Å². The first-order valence-corrected chi connectivity index (χ1v) is 9.12. The molecule has 22 heavy (non-hydrogen) atoms. The van der Waals surface area contributed by atoms with Gasteiger partial charge in [0.05, 0.1) is 10.5 Å². The van der Waals surface area contributed by atoms with Gasteiger partial charge in [-0.1, -0.05) is 24.4 Å². The summed E-state index contributed by atoms with van der Waals surface area (Å²) in [4.78, 5) is 14.2. The fourth-order valence-corrected chi connectivity index (χ4v) is 4.66. The molecule has 0 bridgehead atoms. The Kier molecular flexibility index (Phi) is 4.25. The molecule has 2 aromatic rings. The minimum absolute atomic E-state index is 0.209. The number of H-pyrrole nitrogens is 1. The summed E-state index contributed by atoms with van der Waals surface area (Å²) in [5, 5.41) is 0.769. The summed E-state index contributed by atoms with van der Waals surface area (Å²) in [6.07, 6.45) is 4.54. The zero-order valence-electron chi connectivity index (χ0n) is 12.0. The number of nitrogens with zero attached hydrogens (tertiary/aromatic N) is 1. The Balaban J connectivity index is 2.06. The molecule has 2 heterocycles. The number of benzene rings is 1. The summed E-state index contributed by atoms with van der Waals surface area (Å²) in [6.45, 7) is 1.10. The lowest BCUT2D eigenvalue weighted by molar-refractivity contribution is 0.112. The van der Waals surface area contributed by atoms with Crippen LogP contribution in [0.1, 0.15) is 36.0 Å². The second kappa shape index (κ2) is 6.02. The van der Waals surface area contributed by atoms with Crippen LogP contribution in [-0.4, -0.2) is 37.1 Å². The van der Waals surface area contributed by atoms with E-state index in [0.29, 0.717) is 35.8 Å². The third kappa shape index (κ3) is 2.66. The molecule has 0 spiro atoms. The summed E-state index contributed by atoms with van der Waals surface area (Å²) >= 11 is 5.96. The normalized spacial score (nSPS) is 17.5. The Morgan fingerprint density at radius 1 is 1.14 bits per heavy atom. The van der Waals surface area contributed by atoms with Crippen molar-refractivity contribution in [1.82, 2.24) is 9.29 Å². The number of carbonyl (C=O) groups is 1. The molecule has 1 aromatic heterocycles. The summed E-state index contributed by atoms with van der Waals surface area (Å²) in [7, 11) is -3.53. The molecule has 0 atom stereocenters. The predicted molar refractivity (Wildman–Crippen MR) is 85.9 cm³/mol. The molecule has 1 aliphatic rings. The highest BCUT2D eigenvalue weighted by molar-refractivity contribution is 7.89. The van der Waals surface area contributed by atoms with Crippen LogP contribution in [0.25, 0.3) is 10.9 Å². The van der Waals surface area contributed by atoms with E-state index in [0.717, 1.165) is 25.7 Å². The zero-order chi connectivity index (χ0) is 15.7. The molecule has 7 heteroatoms. The zero-order valence-corrected chi connectivity index (χ0v) is 13.6. The quantitative estimate of drug-likeness (QED) is 0.872. The lowest BCUT2D eigenvalue weighted by atomic mass is 10.2. The van der Waals surface area contributed by atoms with Crippen LogP contribution in [0.15, 0.2) is 23.1 Å². The highest BCUT2D eigenvalue weighted by atomic mass is 35.5. The van der Waals surface area contributed by atoms with Crippen LogP contribution in [0.5, 0.6) is 0 Å². The van der Waals surface area contributed by atoms with Crippen LogP contribution in [0.4, 0.5) is 0 Å². The molecule has 1 N–H and O–H groups in total. The van der Waals surface area contributed by atoms with Crippen molar-refractivity contribution in [3.8, 4) is 0 Å². The molecular weight excluding hydrogens is 324 g/mol. The number of hydrogen-bond donors (Lipinski definition) is 1. The highest BCUT2D eigenvalue weighted by Crippen LogP contribution is 2.28. The highest BCUT2D eigenvalue weighted by Gasteiger charge is 2.26. The van der Waals surface area contributed by atoms with Gasteiger partial charge in [0.25, 0.3) is 0 Å². The number of halogens is 1. The number of nitrogens with one attached hydrogen (secondary N) is 1. The number of sulfonamides is 1. The van der Waals surface area contributed by atoms with Crippen molar-refractivity contribution in [3.63, 3.8) is 0 Å². The van der Waals surface area contributed by atoms with Crippen LogP contribution in [-0.2, 0) is 10.0 Å². The Labute approximate surface area is 134 Å². The molecule has 0 amide bonds. The lowest BCUT2D eigenvalue weighted by Gasteiger charge is -2.19. The molecule has 1 aliphatic heterocycles. The number of fused-ring (bicyclic) bond motifs is 1. The first kappa shape index (κ1) is 15.5. The van der Waals surface area contributed by atoms with Gasteiger partial charge in [-0.2, -0.15) is 4.31 Å². The van der Waals surface area contributed by atoms with Crippen LogP contribution in [0, 0.1) is 0 Å². The molecule has 0 saturated carbocycles. The van der Waals surface area contributed by atoms with Crippen molar-refractivity contribution < 1.29 is 13.2 Å². The second-order valence-electron chi connectivity index (χ2n) is 5.50. The van der Waals surface area contributed by atoms with E-state index in [2.05, 4.69) is 4.98 Å². The molecule has 1 aromatic carbocycles. The molecule has 0 aliphatic carbocycles. The van der Waals surface area contributed by atoms with E-state index in [4.69, 9.17) is 11.6 Å². The number of aromatic amines is 1. The molecule has 3 rings (SSSR count). The first-order chi connectivity index (χ1) is 10.5. The molecule has 0 radical (unpaired) electrons. The second-order valence-corrected chi connectivity index (χ2v) is 7.81. The van der Waals surface area contributed by atoms with Gasteiger partial charge in [0, 0.05) is 24.0 Å². The first-order valence-electron chi connectivity index (χ1n) is 7.30. The third-order valence-electron chi connectivity index (χ3n) is 4.08. The average molecular weight is 341 g/mol. The van der Waals surface area contributed by atoms with E-state index < -0.39 is 10.0 Å². The van der Waals surface area contributed by atoms with Crippen molar-refractivity contribution in [2.75, 3.05) is 13.1 Å². The van der Waals surface area contributed by atoms with Crippen LogP contribution in [0.3, 0.4) is 0 Å². The van der Waals surface area contributed by atoms with Gasteiger partial charge in [0.1, 0.15) is 5.15 Å². The molecule has 1 fully saturated rings. The Morgan fingerprint density at radius 3 is 2.45 bits per heavy atom. The van der Waals surface area contributed by atoms with Gasteiger partial charge in [-0.15, -0.1) is 0 Å². The van der Waals surface area contributed by atoms with Crippen molar-refractivity contribution in [2.24, 2.45) is 0 Å². The van der Waals surface area contributed by atoms with Gasteiger partial charge >= 0.3 is 0 Å². The lowest BCUT2D eigenvalue weighted by Crippen LogP contribution is -2.31.